The number of carbonyl (C=O) groups excluding carboxylic acids is 2. The Hall–Kier alpha value is -3.38. The molecule has 0 saturated carbocycles. The lowest BCUT2D eigenvalue weighted by atomic mass is 9.95. The van der Waals surface area contributed by atoms with Gasteiger partial charge < -0.3 is 19.6 Å². The van der Waals surface area contributed by atoms with Crippen LogP contribution in [0.2, 0.25) is 0 Å². The van der Waals surface area contributed by atoms with E-state index in [0.717, 1.165) is 10.5 Å². The zero-order valence-corrected chi connectivity index (χ0v) is 17.3. The number of likely N-dealkylation sites (N-methyl/N-ethyl adjacent to an activating group) is 1. The second kappa shape index (κ2) is 9.41. The summed E-state index contributed by atoms with van der Waals surface area (Å²) in [6.45, 7) is 5.10. The normalized spacial score (nSPS) is 18.1. The van der Waals surface area contributed by atoms with E-state index in [-0.39, 0.29) is 11.3 Å². The highest BCUT2D eigenvalue weighted by Gasteiger charge is 2.46. The van der Waals surface area contributed by atoms with E-state index in [1.807, 2.05) is 32.3 Å². The molecule has 1 fully saturated rings. The van der Waals surface area contributed by atoms with Crippen LogP contribution in [0.25, 0.3) is 5.76 Å². The highest BCUT2D eigenvalue weighted by atomic mass is 16.5. The van der Waals surface area contributed by atoms with Crippen molar-refractivity contribution in [3.63, 3.8) is 0 Å². The van der Waals surface area contributed by atoms with Gasteiger partial charge in [0.05, 0.1) is 38.8 Å². The smallest absolute Gasteiger partial charge is 0.295 e. The van der Waals surface area contributed by atoms with E-state index in [1.54, 1.807) is 47.4 Å². The molecule has 2 aromatic carbocycles. The number of ketones is 1. The zero-order chi connectivity index (χ0) is 21.7. The summed E-state index contributed by atoms with van der Waals surface area (Å²) in [5.41, 5.74) is 1.36. The van der Waals surface area contributed by atoms with E-state index in [1.165, 1.54) is 0 Å². The molecule has 1 heterocycles. The average molecular weight is 407 g/mol. The molecule has 0 aliphatic carbocycles. The molecule has 156 valence electrons. The average Bonchev–Trinajstić information content (AvgIpc) is 3.01. The van der Waals surface area contributed by atoms with Gasteiger partial charge in [-0.05, 0) is 17.7 Å². The van der Waals surface area contributed by atoms with Crippen LogP contribution in [0.1, 0.15) is 17.2 Å². The molecule has 0 radical (unpaired) electrons. The number of rotatable bonds is 8. The van der Waals surface area contributed by atoms with E-state index >= 15 is 0 Å². The van der Waals surface area contributed by atoms with E-state index in [2.05, 4.69) is 6.58 Å². The van der Waals surface area contributed by atoms with Crippen molar-refractivity contribution in [2.75, 3.05) is 33.8 Å². The molecular weight excluding hydrogens is 380 g/mol. The molecule has 0 aromatic heterocycles. The van der Waals surface area contributed by atoms with Gasteiger partial charge in [-0.15, -0.1) is 0 Å². The van der Waals surface area contributed by atoms with Gasteiger partial charge in [0.15, 0.2) is 0 Å². The number of carbonyl (C=O) groups is 2. The van der Waals surface area contributed by atoms with Crippen LogP contribution in [0.3, 0.4) is 0 Å². The quantitative estimate of drug-likeness (QED) is 0.303. The summed E-state index contributed by atoms with van der Waals surface area (Å²) in [4.78, 5) is 28.5. The molecule has 0 unspecified atom stereocenters. The molecule has 6 nitrogen and oxygen atoms in total. The van der Waals surface area contributed by atoms with Crippen molar-refractivity contribution < 1.29 is 24.3 Å². The highest BCUT2D eigenvalue weighted by molar-refractivity contribution is 6.46. The number of hydrogen-bond donors (Lipinski definition) is 2. The van der Waals surface area contributed by atoms with Gasteiger partial charge in [-0.25, -0.2) is 0 Å². The molecule has 2 aromatic rings. The molecule has 1 atom stereocenters. The van der Waals surface area contributed by atoms with Crippen LogP contribution in [-0.2, 0) is 9.59 Å². The summed E-state index contributed by atoms with van der Waals surface area (Å²) in [5.74, 6) is -0.755. The van der Waals surface area contributed by atoms with Crippen molar-refractivity contribution >= 4 is 17.4 Å². The molecule has 1 amide bonds. The van der Waals surface area contributed by atoms with Crippen molar-refractivity contribution in [3.8, 4) is 5.75 Å². The number of aliphatic hydroxyl groups is 1. The number of quaternary nitrogens is 1. The van der Waals surface area contributed by atoms with Crippen LogP contribution in [0.15, 0.2) is 72.8 Å². The Balaban J connectivity index is 2.06. The molecule has 1 aliphatic heterocycles. The molecule has 30 heavy (non-hydrogen) atoms. The lowest BCUT2D eigenvalue weighted by Gasteiger charge is -2.25. The Bertz CT molecular complexity index is 949. The Morgan fingerprint density at radius 2 is 1.80 bits per heavy atom. The van der Waals surface area contributed by atoms with Gasteiger partial charge in [-0.2, -0.15) is 0 Å². The third-order valence-electron chi connectivity index (χ3n) is 5.00. The largest absolute Gasteiger partial charge is 0.507 e. The number of ether oxygens (including phenoxy) is 1. The van der Waals surface area contributed by atoms with Crippen LogP contribution in [0.4, 0.5) is 0 Å². The Morgan fingerprint density at radius 3 is 2.40 bits per heavy atom. The van der Waals surface area contributed by atoms with Crippen LogP contribution in [0, 0.1) is 0 Å². The van der Waals surface area contributed by atoms with Crippen LogP contribution >= 0.6 is 0 Å². The number of amides is 1. The first kappa shape index (κ1) is 21.3. The summed E-state index contributed by atoms with van der Waals surface area (Å²) in [6, 6.07) is 15.4. The fourth-order valence-electron chi connectivity index (χ4n) is 3.45. The minimum atomic E-state index is -0.665. The van der Waals surface area contributed by atoms with Crippen LogP contribution < -0.4 is 9.64 Å². The number of benzene rings is 2. The Morgan fingerprint density at radius 1 is 1.13 bits per heavy atom. The number of aliphatic hydroxyl groups excluding tert-OH is 1. The van der Waals surface area contributed by atoms with E-state index < -0.39 is 17.7 Å². The second-order valence-corrected chi connectivity index (χ2v) is 7.48. The molecule has 6 heteroatoms. The maximum Gasteiger partial charge on any atom is 0.295 e. The van der Waals surface area contributed by atoms with E-state index in [9.17, 15) is 14.7 Å². The fourth-order valence-corrected chi connectivity index (χ4v) is 3.45. The zero-order valence-electron chi connectivity index (χ0n) is 17.3. The fraction of sp³-hybridized carbons (Fsp3) is 0.250. The minimum Gasteiger partial charge on any atom is -0.507 e. The summed E-state index contributed by atoms with van der Waals surface area (Å²) in [6.07, 6.45) is 1.66. The first-order valence-corrected chi connectivity index (χ1v) is 9.90. The molecule has 3 rings (SSSR count). The van der Waals surface area contributed by atoms with Crippen LogP contribution in [-0.4, -0.2) is 55.5 Å². The first-order valence-electron chi connectivity index (χ1n) is 9.90. The third kappa shape index (κ3) is 4.44. The molecule has 1 saturated heterocycles. The SMILES string of the molecule is C=CCOc1ccc([C@@H]2C(=C(O)c3ccccc3)C(=O)C(=O)N2CC[NH+](C)C)cc1. The summed E-state index contributed by atoms with van der Waals surface area (Å²) in [5, 5.41) is 10.9. The maximum atomic E-state index is 12.9. The second-order valence-electron chi connectivity index (χ2n) is 7.48. The van der Waals surface area contributed by atoms with E-state index in [0.29, 0.717) is 31.0 Å². The number of likely N-dealkylation sites (tertiary alicyclic amines) is 1. The predicted octanol–water partition coefficient (Wildman–Crippen LogP) is 1.82. The van der Waals surface area contributed by atoms with Crippen molar-refractivity contribution in [2.24, 2.45) is 0 Å². The van der Waals surface area contributed by atoms with Gasteiger partial charge in [0, 0.05) is 5.56 Å². The minimum absolute atomic E-state index is 0.111. The highest BCUT2D eigenvalue weighted by Crippen LogP contribution is 2.39. The van der Waals surface area contributed by atoms with Gasteiger partial charge in [-0.1, -0.05) is 55.1 Å². The molecule has 1 aliphatic rings. The van der Waals surface area contributed by atoms with Gasteiger partial charge in [0.1, 0.15) is 18.1 Å². The van der Waals surface area contributed by atoms with Gasteiger partial charge >= 0.3 is 0 Å². The lowest BCUT2D eigenvalue weighted by molar-refractivity contribution is -0.857. The monoisotopic (exact) mass is 407 g/mol. The molecule has 0 bridgehead atoms. The van der Waals surface area contributed by atoms with E-state index in [4.69, 9.17) is 4.74 Å². The topological polar surface area (TPSA) is 71.3 Å². The lowest BCUT2D eigenvalue weighted by Crippen LogP contribution is -3.06. The molecule has 0 spiro atoms. The predicted molar refractivity (Wildman–Crippen MR) is 115 cm³/mol. The van der Waals surface area contributed by atoms with Crippen molar-refractivity contribution in [1.29, 1.82) is 0 Å². The van der Waals surface area contributed by atoms with Gasteiger partial charge in [0.25, 0.3) is 11.7 Å². The van der Waals surface area contributed by atoms with Crippen LogP contribution in [0.5, 0.6) is 5.75 Å². The van der Waals surface area contributed by atoms with Crippen molar-refractivity contribution in [1.82, 2.24) is 4.90 Å². The van der Waals surface area contributed by atoms with Crippen molar-refractivity contribution in [3.05, 3.63) is 84.0 Å². The summed E-state index contributed by atoms with van der Waals surface area (Å²) < 4.78 is 5.53. The third-order valence-corrected chi connectivity index (χ3v) is 5.00. The Labute approximate surface area is 176 Å². The molecule has 2 N–H and O–H groups in total. The number of Topliss-reactive ketones (excluding diaryl/α,β-unsaturated/α-hetero) is 1. The number of nitrogens with one attached hydrogen (secondary N) is 1. The Kier molecular flexibility index (Phi) is 6.69. The summed E-state index contributed by atoms with van der Waals surface area (Å²) in [7, 11) is 3.97. The first-order chi connectivity index (χ1) is 14.4. The molecular formula is C24H27N2O4+. The number of hydrogen-bond acceptors (Lipinski definition) is 4. The van der Waals surface area contributed by atoms with Crippen molar-refractivity contribution in [2.45, 2.75) is 6.04 Å². The maximum absolute atomic E-state index is 12.9. The summed E-state index contributed by atoms with van der Waals surface area (Å²) >= 11 is 0. The van der Waals surface area contributed by atoms with Gasteiger partial charge in [-0.3, -0.25) is 9.59 Å². The number of nitrogens with zero attached hydrogens (tertiary/aromatic N) is 1. The van der Waals surface area contributed by atoms with Gasteiger partial charge in [0.2, 0.25) is 0 Å². The standard InChI is InChI=1S/C24H26N2O4/c1-4-16-30-19-12-10-17(11-13-19)21-20(22(27)18-8-6-5-7-9-18)23(28)24(29)26(21)15-14-25(2)3/h4-13,21,27H,1,14-16H2,2-3H3/p+1/t21-/m1/s1.